The van der Waals surface area contributed by atoms with Crippen molar-refractivity contribution in [3.05, 3.63) is 22.2 Å². The van der Waals surface area contributed by atoms with Gasteiger partial charge in [-0.15, -0.1) is 0 Å². The van der Waals surface area contributed by atoms with Crippen molar-refractivity contribution in [2.45, 2.75) is 31.4 Å². The number of methoxy groups -OCH3 is 2. The first-order chi connectivity index (χ1) is 9.55. The molecular weight excluding hydrogens is 322 g/mol. The van der Waals surface area contributed by atoms with Crippen LogP contribution >= 0.6 is 15.9 Å². The third-order valence-corrected chi connectivity index (χ3v) is 4.58. The minimum atomic E-state index is -0.221. The van der Waals surface area contributed by atoms with Gasteiger partial charge in [0.05, 0.1) is 30.3 Å². The van der Waals surface area contributed by atoms with Gasteiger partial charge in [-0.1, -0.05) is 0 Å². The summed E-state index contributed by atoms with van der Waals surface area (Å²) in [6.45, 7) is 2.96. The molecule has 1 aliphatic rings. The number of halogens is 1. The summed E-state index contributed by atoms with van der Waals surface area (Å²) in [6, 6.07) is 4.01. The maximum atomic E-state index is 5.98. The summed E-state index contributed by atoms with van der Waals surface area (Å²) in [5, 5.41) is 3.37. The highest BCUT2D eigenvalue weighted by molar-refractivity contribution is 9.10. The summed E-state index contributed by atoms with van der Waals surface area (Å²) in [7, 11) is 5.30. The molecule has 0 aliphatic carbocycles. The van der Waals surface area contributed by atoms with E-state index in [4.69, 9.17) is 14.2 Å². The molecule has 4 nitrogen and oxygen atoms in total. The summed E-state index contributed by atoms with van der Waals surface area (Å²) in [5.41, 5.74) is 0.834. The molecule has 1 saturated heterocycles. The number of ether oxygens (including phenoxy) is 3. The minimum Gasteiger partial charge on any atom is -0.496 e. The Balaban J connectivity index is 2.47. The van der Waals surface area contributed by atoms with Gasteiger partial charge in [0.1, 0.15) is 11.5 Å². The van der Waals surface area contributed by atoms with Gasteiger partial charge in [0.25, 0.3) is 0 Å². The molecule has 2 atom stereocenters. The maximum absolute atomic E-state index is 5.98. The molecule has 2 rings (SSSR count). The van der Waals surface area contributed by atoms with Crippen molar-refractivity contribution in [1.29, 1.82) is 0 Å². The standard InChI is InChI=1S/C15H22BrNO3/c1-15(6-5-7-20-15)14(17-2)10-8-13(19-4)11(16)9-12(10)18-3/h8-9,14,17H,5-7H2,1-4H3. The summed E-state index contributed by atoms with van der Waals surface area (Å²) in [6.07, 6.45) is 2.12. The van der Waals surface area contributed by atoms with Crippen molar-refractivity contribution in [2.24, 2.45) is 0 Å². The second-order valence-electron chi connectivity index (χ2n) is 5.22. The van der Waals surface area contributed by atoms with Gasteiger partial charge in [-0.2, -0.15) is 0 Å². The van der Waals surface area contributed by atoms with E-state index in [9.17, 15) is 0 Å². The molecule has 0 aromatic heterocycles. The van der Waals surface area contributed by atoms with E-state index in [0.29, 0.717) is 0 Å². The summed E-state index contributed by atoms with van der Waals surface area (Å²) in [5.74, 6) is 1.62. The lowest BCUT2D eigenvalue weighted by atomic mass is 9.87. The molecule has 0 spiro atoms. The van der Waals surface area contributed by atoms with Crippen molar-refractivity contribution < 1.29 is 14.2 Å². The van der Waals surface area contributed by atoms with Gasteiger partial charge < -0.3 is 19.5 Å². The number of benzene rings is 1. The molecule has 20 heavy (non-hydrogen) atoms. The molecule has 1 aromatic carbocycles. The molecule has 1 fully saturated rings. The first-order valence-corrected chi connectivity index (χ1v) is 7.57. The van der Waals surface area contributed by atoms with E-state index < -0.39 is 0 Å². The van der Waals surface area contributed by atoms with Crippen LogP contribution in [-0.4, -0.2) is 33.5 Å². The fourth-order valence-corrected chi connectivity index (χ4v) is 3.41. The van der Waals surface area contributed by atoms with Gasteiger partial charge in [0.2, 0.25) is 0 Å². The molecule has 0 radical (unpaired) electrons. The second kappa shape index (κ2) is 6.33. The van der Waals surface area contributed by atoms with Crippen LogP contribution in [-0.2, 0) is 4.74 Å². The van der Waals surface area contributed by atoms with Gasteiger partial charge in [-0.05, 0) is 54.9 Å². The lowest BCUT2D eigenvalue weighted by molar-refractivity contribution is -0.0110. The Hall–Kier alpha value is -0.780. The quantitative estimate of drug-likeness (QED) is 0.890. The van der Waals surface area contributed by atoms with E-state index in [1.807, 2.05) is 19.2 Å². The third kappa shape index (κ3) is 2.80. The number of hydrogen-bond acceptors (Lipinski definition) is 4. The SMILES string of the molecule is CNC(c1cc(OC)c(Br)cc1OC)C1(C)CCCO1. The Morgan fingerprint density at radius 2 is 2.00 bits per heavy atom. The monoisotopic (exact) mass is 343 g/mol. The van der Waals surface area contributed by atoms with Crippen molar-refractivity contribution in [3.63, 3.8) is 0 Å². The average Bonchev–Trinajstić information content (AvgIpc) is 2.88. The van der Waals surface area contributed by atoms with Gasteiger partial charge >= 0.3 is 0 Å². The zero-order chi connectivity index (χ0) is 14.8. The van der Waals surface area contributed by atoms with Crippen LogP contribution in [0.15, 0.2) is 16.6 Å². The summed E-state index contributed by atoms with van der Waals surface area (Å²) in [4.78, 5) is 0. The van der Waals surface area contributed by atoms with Crippen molar-refractivity contribution in [3.8, 4) is 11.5 Å². The fraction of sp³-hybridized carbons (Fsp3) is 0.600. The van der Waals surface area contributed by atoms with Crippen molar-refractivity contribution >= 4 is 15.9 Å². The molecule has 0 bridgehead atoms. The summed E-state index contributed by atoms with van der Waals surface area (Å²) >= 11 is 3.49. The molecular formula is C15H22BrNO3. The van der Waals surface area contributed by atoms with E-state index in [1.165, 1.54) is 0 Å². The van der Waals surface area contributed by atoms with Crippen LogP contribution in [0.3, 0.4) is 0 Å². The molecule has 0 amide bonds. The molecule has 0 saturated carbocycles. The summed E-state index contributed by atoms with van der Waals surface area (Å²) < 4.78 is 17.8. The third-order valence-electron chi connectivity index (χ3n) is 3.96. The van der Waals surface area contributed by atoms with Crippen LogP contribution in [0, 0.1) is 0 Å². The van der Waals surface area contributed by atoms with Gasteiger partial charge in [0.15, 0.2) is 0 Å². The van der Waals surface area contributed by atoms with E-state index in [2.05, 4.69) is 28.2 Å². The number of hydrogen-bond donors (Lipinski definition) is 1. The van der Waals surface area contributed by atoms with Gasteiger partial charge in [-0.3, -0.25) is 0 Å². The predicted molar refractivity (Wildman–Crippen MR) is 82.6 cm³/mol. The smallest absolute Gasteiger partial charge is 0.133 e. The van der Waals surface area contributed by atoms with Crippen LogP contribution in [0.2, 0.25) is 0 Å². The first-order valence-electron chi connectivity index (χ1n) is 6.78. The number of rotatable bonds is 5. The average molecular weight is 344 g/mol. The largest absolute Gasteiger partial charge is 0.496 e. The topological polar surface area (TPSA) is 39.7 Å². The molecule has 1 aromatic rings. The minimum absolute atomic E-state index is 0.0574. The van der Waals surface area contributed by atoms with Crippen LogP contribution < -0.4 is 14.8 Å². The zero-order valence-electron chi connectivity index (χ0n) is 12.5. The number of nitrogens with one attached hydrogen (secondary N) is 1. The highest BCUT2D eigenvalue weighted by Crippen LogP contribution is 2.43. The lowest BCUT2D eigenvalue weighted by Gasteiger charge is -2.34. The first kappa shape index (κ1) is 15.6. The molecule has 5 heteroatoms. The van der Waals surface area contributed by atoms with Gasteiger partial charge in [-0.25, -0.2) is 0 Å². The van der Waals surface area contributed by atoms with Crippen LogP contribution in [0.4, 0.5) is 0 Å². The molecule has 1 N–H and O–H groups in total. The van der Waals surface area contributed by atoms with E-state index in [0.717, 1.165) is 41.0 Å². The maximum Gasteiger partial charge on any atom is 0.133 e. The van der Waals surface area contributed by atoms with Crippen molar-refractivity contribution in [2.75, 3.05) is 27.9 Å². The van der Waals surface area contributed by atoms with Crippen LogP contribution in [0.25, 0.3) is 0 Å². The Morgan fingerprint density at radius 3 is 2.50 bits per heavy atom. The lowest BCUT2D eigenvalue weighted by Crippen LogP contribution is -2.39. The highest BCUT2D eigenvalue weighted by Gasteiger charge is 2.40. The van der Waals surface area contributed by atoms with Crippen LogP contribution in [0.5, 0.6) is 11.5 Å². The Kier molecular flexibility index (Phi) is 4.94. The van der Waals surface area contributed by atoms with E-state index in [-0.39, 0.29) is 11.6 Å². The number of likely N-dealkylation sites (N-methyl/N-ethyl adjacent to an activating group) is 1. The van der Waals surface area contributed by atoms with Gasteiger partial charge in [0, 0.05) is 12.2 Å². The molecule has 1 aliphatic heterocycles. The zero-order valence-corrected chi connectivity index (χ0v) is 14.0. The molecule has 2 unspecified atom stereocenters. The highest BCUT2D eigenvalue weighted by atomic mass is 79.9. The Labute approximate surface area is 128 Å². The van der Waals surface area contributed by atoms with E-state index >= 15 is 0 Å². The molecule has 112 valence electrons. The fourth-order valence-electron chi connectivity index (χ4n) is 2.93. The van der Waals surface area contributed by atoms with Crippen LogP contribution in [0.1, 0.15) is 31.4 Å². The Morgan fingerprint density at radius 1 is 1.30 bits per heavy atom. The normalized spacial score (nSPS) is 23.6. The predicted octanol–water partition coefficient (Wildman–Crippen LogP) is 3.30. The molecule has 1 heterocycles. The second-order valence-corrected chi connectivity index (χ2v) is 6.07. The van der Waals surface area contributed by atoms with E-state index in [1.54, 1.807) is 14.2 Å². The van der Waals surface area contributed by atoms with Crippen molar-refractivity contribution in [1.82, 2.24) is 5.32 Å². The Bertz CT molecular complexity index is 472.